The number of sulfonamides is 2. The largest absolute Gasteiger partial charge is 0.349 e. The lowest BCUT2D eigenvalue weighted by molar-refractivity contribution is 0.0915. The number of carbonyl (C=O) groups excluding carboxylic acids is 1. The van der Waals surface area contributed by atoms with Crippen LogP contribution < -0.4 is 14.8 Å². The van der Waals surface area contributed by atoms with Gasteiger partial charge >= 0.3 is 0 Å². The Morgan fingerprint density at radius 2 is 1.47 bits per heavy atom. The maximum absolute atomic E-state index is 13.2. The minimum Gasteiger partial charge on any atom is -0.349 e. The van der Waals surface area contributed by atoms with Gasteiger partial charge in [0.2, 0.25) is 0 Å². The van der Waals surface area contributed by atoms with Gasteiger partial charge in [0.25, 0.3) is 26.0 Å². The van der Waals surface area contributed by atoms with E-state index in [0.717, 1.165) is 35.0 Å². The Labute approximate surface area is 219 Å². The Morgan fingerprint density at radius 1 is 0.889 bits per heavy atom. The molecule has 0 radical (unpaired) electrons. The van der Waals surface area contributed by atoms with E-state index in [2.05, 4.69) is 14.8 Å². The zero-order chi connectivity index (χ0) is 25.5. The fourth-order valence-corrected chi connectivity index (χ4v) is 9.49. The third kappa shape index (κ3) is 5.31. The molecule has 8 nitrogen and oxygen atoms in total. The molecular weight excluding hydrogens is 539 g/mol. The minimum atomic E-state index is -3.90. The van der Waals surface area contributed by atoms with E-state index in [9.17, 15) is 21.6 Å². The first kappa shape index (κ1) is 25.2. The predicted octanol–water partition coefficient (Wildman–Crippen LogP) is 4.97. The molecule has 12 heteroatoms. The maximum Gasteiger partial charge on any atom is 0.271 e. The molecule has 0 aliphatic heterocycles. The van der Waals surface area contributed by atoms with Crippen molar-refractivity contribution in [3.63, 3.8) is 0 Å². The van der Waals surface area contributed by atoms with Crippen molar-refractivity contribution in [2.75, 3.05) is 9.44 Å². The molecule has 1 amide bonds. The first-order valence-electron chi connectivity index (χ1n) is 11.7. The van der Waals surface area contributed by atoms with Gasteiger partial charge in [0.15, 0.2) is 0 Å². The SMILES string of the molecule is C[C@H](NC(=O)c1cc(NS(=O)(=O)c2cccs2)cc(NS(=O)(=O)c2cccs2)c1)[C@@H]1C[C@H]2CC[C@H]1C2. The van der Waals surface area contributed by atoms with Crippen LogP contribution in [0.25, 0.3) is 0 Å². The first-order chi connectivity index (χ1) is 17.1. The molecule has 0 spiro atoms. The standard InChI is InChI=1S/C24H27N3O5S4/c1-15(21-11-16-6-7-17(21)10-16)25-24(28)18-12-19(26-35(29,30)22-4-2-8-33-22)14-20(13-18)27-36(31,32)23-5-3-9-34-23/h2-5,8-9,12-17,21,26-27H,6-7,10-11H2,1H3,(H,25,28)/t15-,16-,17-,21-/m0/s1. The molecule has 2 aromatic heterocycles. The van der Waals surface area contributed by atoms with E-state index in [1.54, 1.807) is 22.9 Å². The Bertz CT molecular complexity index is 1370. The molecular formula is C24H27N3O5S4. The van der Waals surface area contributed by atoms with Crippen LogP contribution in [0.2, 0.25) is 0 Å². The van der Waals surface area contributed by atoms with Crippen LogP contribution in [-0.2, 0) is 20.0 Å². The maximum atomic E-state index is 13.2. The van der Waals surface area contributed by atoms with Crippen molar-refractivity contribution >= 4 is 60.0 Å². The summed E-state index contributed by atoms with van der Waals surface area (Å²) < 4.78 is 56.4. The molecule has 4 atom stereocenters. The van der Waals surface area contributed by atoms with Crippen molar-refractivity contribution in [2.45, 2.75) is 47.1 Å². The number of hydrogen-bond donors (Lipinski definition) is 3. The quantitative estimate of drug-likeness (QED) is 0.338. The number of hydrogen-bond acceptors (Lipinski definition) is 7. The summed E-state index contributed by atoms with van der Waals surface area (Å²) in [6, 6.07) is 10.4. The van der Waals surface area contributed by atoms with E-state index in [-0.39, 0.29) is 37.3 Å². The van der Waals surface area contributed by atoms with Crippen LogP contribution in [0, 0.1) is 17.8 Å². The molecule has 3 aromatic rings. The smallest absolute Gasteiger partial charge is 0.271 e. The molecule has 2 bridgehead atoms. The number of carbonyl (C=O) groups is 1. The van der Waals surface area contributed by atoms with Gasteiger partial charge < -0.3 is 5.32 Å². The average molecular weight is 566 g/mol. The summed E-state index contributed by atoms with van der Waals surface area (Å²) in [5, 5.41) is 6.37. The molecule has 36 heavy (non-hydrogen) atoms. The van der Waals surface area contributed by atoms with Crippen molar-refractivity contribution in [3.05, 3.63) is 58.8 Å². The molecule has 2 heterocycles. The van der Waals surface area contributed by atoms with Crippen molar-refractivity contribution < 1.29 is 21.6 Å². The lowest BCUT2D eigenvalue weighted by Gasteiger charge is -2.28. The summed E-state index contributed by atoms with van der Waals surface area (Å²) in [7, 11) is -7.79. The third-order valence-corrected chi connectivity index (χ3v) is 12.6. The highest BCUT2D eigenvalue weighted by atomic mass is 32.3. The van der Waals surface area contributed by atoms with Gasteiger partial charge in [-0.3, -0.25) is 14.2 Å². The Hall–Kier alpha value is -2.41. The average Bonchev–Trinajstić information content (AvgIpc) is 3.63. The second kappa shape index (κ2) is 9.81. The molecule has 192 valence electrons. The first-order valence-corrected chi connectivity index (χ1v) is 16.4. The number of benzene rings is 1. The number of amides is 1. The van der Waals surface area contributed by atoms with Crippen LogP contribution in [0.1, 0.15) is 43.0 Å². The second-order valence-corrected chi connectivity index (χ2v) is 15.2. The van der Waals surface area contributed by atoms with E-state index < -0.39 is 20.0 Å². The topological polar surface area (TPSA) is 121 Å². The minimum absolute atomic E-state index is 0.0365. The van der Waals surface area contributed by atoms with Gasteiger partial charge in [-0.1, -0.05) is 18.6 Å². The second-order valence-electron chi connectivity index (χ2n) is 9.48. The molecule has 1 aromatic carbocycles. The van der Waals surface area contributed by atoms with E-state index in [1.807, 2.05) is 6.92 Å². The lowest BCUT2D eigenvalue weighted by atomic mass is 9.84. The van der Waals surface area contributed by atoms with Crippen LogP contribution >= 0.6 is 22.7 Å². The third-order valence-electron chi connectivity index (χ3n) is 7.01. The van der Waals surface area contributed by atoms with Crippen LogP contribution in [-0.4, -0.2) is 28.8 Å². The highest BCUT2D eigenvalue weighted by molar-refractivity contribution is 7.95. The summed E-state index contributed by atoms with van der Waals surface area (Å²) in [5.74, 6) is 1.42. The monoisotopic (exact) mass is 565 g/mol. The van der Waals surface area contributed by atoms with E-state index in [0.29, 0.717) is 11.8 Å². The van der Waals surface area contributed by atoms with E-state index >= 15 is 0 Å². The van der Waals surface area contributed by atoms with Crippen molar-refractivity contribution in [2.24, 2.45) is 17.8 Å². The number of anilines is 2. The van der Waals surface area contributed by atoms with E-state index in [1.165, 1.54) is 49.6 Å². The number of fused-ring (bicyclic) bond motifs is 2. The molecule has 2 fully saturated rings. The summed E-state index contributed by atoms with van der Waals surface area (Å²) in [6.07, 6.45) is 4.80. The number of nitrogens with one attached hydrogen (secondary N) is 3. The predicted molar refractivity (Wildman–Crippen MR) is 143 cm³/mol. The Balaban J connectivity index is 1.42. The summed E-state index contributed by atoms with van der Waals surface area (Å²) >= 11 is 2.12. The molecule has 3 N–H and O–H groups in total. The molecule has 0 saturated heterocycles. The zero-order valence-corrected chi connectivity index (χ0v) is 22.8. The fourth-order valence-electron chi connectivity index (χ4n) is 5.42. The molecule has 2 saturated carbocycles. The van der Waals surface area contributed by atoms with E-state index in [4.69, 9.17) is 0 Å². The fraction of sp³-hybridized carbons (Fsp3) is 0.375. The molecule has 5 rings (SSSR count). The highest BCUT2D eigenvalue weighted by Crippen LogP contribution is 2.49. The van der Waals surface area contributed by atoms with Gasteiger partial charge in [0.05, 0.1) is 11.4 Å². The Morgan fingerprint density at radius 3 is 1.92 bits per heavy atom. The van der Waals surface area contributed by atoms with Crippen LogP contribution in [0.5, 0.6) is 0 Å². The number of rotatable bonds is 9. The highest BCUT2D eigenvalue weighted by Gasteiger charge is 2.42. The van der Waals surface area contributed by atoms with Crippen molar-refractivity contribution in [1.82, 2.24) is 5.32 Å². The summed E-state index contributed by atoms with van der Waals surface area (Å²) in [6.45, 7) is 2.01. The number of thiophene rings is 2. The molecule has 2 aliphatic rings. The van der Waals surface area contributed by atoms with Gasteiger partial charge in [-0.2, -0.15) is 0 Å². The normalized spacial score (nSPS) is 22.3. The van der Waals surface area contributed by atoms with Gasteiger partial charge in [0, 0.05) is 11.6 Å². The lowest BCUT2D eigenvalue weighted by Crippen LogP contribution is -2.40. The van der Waals surface area contributed by atoms with Crippen LogP contribution in [0.4, 0.5) is 11.4 Å². The summed E-state index contributed by atoms with van der Waals surface area (Å²) in [4.78, 5) is 13.2. The van der Waals surface area contributed by atoms with Crippen LogP contribution in [0.15, 0.2) is 61.6 Å². The van der Waals surface area contributed by atoms with Gasteiger partial charge in [-0.25, -0.2) is 16.8 Å². The molecule has 0 unspecified atom stereocenters. The summed E-state index contributed by atoms with van der Waals surface area (Å²) in [5.41, 5.74) is 0.347. The van der Waals surface area contributed by atoms with Gasteiger partial charge in [-0.05, 0) is 85.0 Å². The van der Waals surface area contributed by atoms with Crippen LogP contribution in [0.3, 0.4) is 0 Å². The van der Waals surface area contributed by atoms with Crippen molar-refractivity contribution in [1.29, 1.82) is 0 Å². The van der Waals surface area contributed by atoms with Crippen molar-refractivity contribution in [3.8, 4) is 0 Å². The van der Waals surface area contributed by atoms with Gasteiger partial charge in [-0.15, -0.1) is 22.7 Å². The zero-order valence-electron chi connectivity index (χ0n) is 19.5. The Kier molecular flexibility index (Phi) is 6.88. The molecule has 2 aliphatic carbocycles. The van der Waals surface area contributed by atoms with Gasteiger partial charge in [0.1, 0.15) is 8.42 Å².